The molecule has 152 valence electrons. The van der Waals surface area contributed by atoms with Gasteiger partial charge in [-0.05, 0) is 24.5 Å². The summed E-state index contributed by atoms with van der Waals surface area (Å²) in [5, 5.41) is 12.8. The fourth-order valence-electron chi connectivity index (χ4n) is 3.39. The average molecular weight is 414 g/mol. The minimum atomic E-state index is -3.59. The van der Waals surface area contributed by atoms with Crippen molar-refractivity contribution in [3.63, 3.8) is 0 Å². The van der Waals surface area contributed by atoms with Crippen molar-refractivity contribution >= 4 is 32.3 Å². The predicted octanol–water partition coefficient (Wildman–Crippen LogP) is 2.71. The zero-order valence-electron chi connectivity index (χ0n) is 16.9. The van der Waals surface area contributed by atoms with E-state index in [9.17, 15) is 8.42 Å². The van der Waals surface area contributed by atoms with E-state index in [-0.39, 0.29) is 17.1 Å². The summed E-state index contributed by atoms with van der Waals surface area (Å²) in [4.78, 5) is 8.53. The van der Waals surface area contributed by atoms with Gasteiger partial charge in [-0.3, -0.25) is 4.68 Å². The molecule has 0 aliphatic heterocycles. The molecule has 1 N–H and O–H groups in total. The molecular formula is C19H23N7O2S. The summed E-state index contributed by atoms with van der Waals surface area (Å²) in [6.07, 6.45) is 4.64. The summed E-state index contributed by atoms with van der Waals surface area (Å²) in [6.45, 7) is 6.01. The highest BCUT2D eigenvalue weighted by atomic mass is 32.2. The first kappa shape index (κ1) is 19.3. The molecule has 0 spiro atoms. The maximum absolute atomic E-state index is 12.2. The van der Waals surface area contributed by atoms with Gasteiger partial charge in [0.2, 0.25) is 15.8 Å². The van der Waals surface area contributed by atoms with E-state index in [1.807, 2.05) is 56.9 Å². The monoisotopic (exact) mass is 413 g/mol. The molecule has 0 aliphatic carbocycles. The zero-order chi connectivity index (χ0) is 20.9. The van der Waals surface area contributed by atoms with Crippen LogP contribution in [0.5, 0.6) is 0 Å². The minimum absolute atomic E-state index is 0.143. The Morgan fingerprint density at radius 2 is 1.79 bits per heavy atom. The number of fused-ring (bicyclic) bond motifs is 2. The topological polar surface area (TPSA) is 107 Å². The lowest BCUT2D eigenvalue weighted by Gasteiger charge is -2.17. The molecule has 1 unspecified atom stereocenters. The van der Waals surface area contributed by atoms with Gasteiger partial charge in [0, 0.05) is 24.3 Å². The van der Waals surface area contributed by atoms with Crippen molar-refractivity contribution in [2.24, 2.45) is 7.05 Å². The minimum Gasteiger partial charge on any atom is -0.348 e. The highest BCUT2D eigenvalue weighted by Crippen LogP contribution is 2.28. The Hall–Kier alpha value is -3.01. The lowest BCUT2D eigenvalue weighted by Crippen LogP contribution is -2.16. The Labute approximate surface area is 168 Å². The van der Waals surface area contributed by atoms with Crippen LogP contribution in [-0.2, 0) is 16.9 Å². The summed E-state index contributed by atoms with van der Waals surface area (Å²) in [5.74, 6) is 0.472. The van der Waals surface area contributed by atoms with E-state index in [1.54, 1.807) is 10.7 Å². The number of aryl methyl sites for hydroxylation is 1. The highest BCUT2D eigenvalue weighted by molar-refractivity contribution is 7.90. The fraction of sp³-hybridized carbons (Fsp3) is 0.368. The van der Waals surface area contributed by atoms with E-state index in [2.05, 4.69) is 25.5 Å². The molecule has 4 rings (SSSR count). The van der Waals surface area contributed by atoms with Crippen LogP contribution in [0.15, 0.2) is 35.7 Å². The van der Waals surface area contributed by atoms with Crippen LogP contribution in [0, 0.1) is 0 Å². The Morgan fingerprint density at radius 3 is 2.48 bits per heavy atom. The third-order valence-corrected chi connectivity index (χ3v) is 5.81. The first-order valence-corrected chi connectivity index (χ1v) is 11.2. The van der Waals surface area contributed by atoms with Gasteiger partial charge in [0.05, 0.1) is 24.0 Å². The first-order chi connectivity index (χ1) is 13.7. The molecule has 10 heteroatoms. The molecule has 0 fully saturated rings. The molecule has 0 saturated carbocycles. The van der Waals surface area contributed by atoms with Gasteiger partial charge in [0.15, 0.2) is 5.65 Å². The van der Waals surface area contributed by atoms with Crippen LogP contribution in [0.1, 0.15) is 43.9 Å². The number of nitrogens with one attached hydrogen (secondary N) is 1. The third kappa shape index (κ3) is 3.33. The molecule has 29 heavy (non-hydrogen) atoms. The molecule has 3 heterocycles. The summed E-state index contributed by atoms with van der Waals surface area (Å²) >= 11 is 0. The van der Waals surface area contributed by atoms with Gasteiger partial charge in [-0.2, -0.15) is 24.7 Å². The van der Waals surface area contributed by atoms with Crippen molar-refractivity contribution in [2.45, 2.75) is 37.9 Å². The van der Waals surface area contributed by atoms with Crippen LogP contribution in [0.2, 0.25) is 0 Å². The van der Waals surface area contributed by atoms with E-state index in [1.165, 1.54) is 0 Å². The lowest BCUT2D eigenvalue weighted by molar-refractivity contribution is 0.591. The number of hydrogen-bond acceptors (Lipinski definition) is 7. The summed E-state index contributed by atoms with van der Waals surface area (Å²) < 4.78 is 27.7. The van der Waals surface area contributed by atoms with Crippen LogP contribution >= 0.6 is 0 Å². The van der Waals surface area contributed by atoms with Gasteiger partial charge >= 0.3 is 0 Å². The molecule has 1 aromatic carbocycles. The van der Waals surface area contributed by atoms with Crippen LogP contribution in [0.3, 0.4) is 0 Å². The summed E-state index contributed by atoms with van der Waals surface area (Å²) in [7, 11) is -1.69. The van der Waals surface area contributed by atoms with Crippen LogP contribution in [0.25, 0.3) is 16.6 Å². The Balaban J connectivity index is 1.84. The molecular weight excluding hydrogens is 390 g/mol. The van der Waals surface area contributed by atoms with E-state index in [4.69, 9.17) is 0 Å². The first-order valence-electron chi connectivity index (χ1n) is 9.29. The second-order valence-electron chi connectivity index (χ2n) is 7.51. The molecule has 0 radical (unpaired) electrons. The molecule has 0 aliphatic rings. The van der Waals surface area contributed by atoms with Crippen molar-refractivity contribution in [3.8, 4) is 0 Å². The Morgan fingerprint density at radius 1 is 1.03 bits per heavy atom. The normalized spacial score (nSPS) is 13.4. The maximum Gasteiger partial charge on any atom is 0.252 e. The standard InChI is InChI=1S/C19H23N7O2S/c1-11(2)14-9-21-26-17(14)23-19(29(5,27)28)24-18(26)22-12(3)13-7-6-8-16-15(13)10-20-25(16)4/h6-12H,1-5H3,(H,22,23,24). The van der Waals surface area contributed by atoms with E-state index < -0.39 is 9.84 Å². The molecule has 0 amide bonds. The number of sulfone groups is 1. The molecule has 0 bridgehead atoms. The van der Waals surface area contributed by atoms with Gasteiger partial charge in [0.1, 0.15) is 0 Å². The van der Waals surface area contributed by atoms with Gasteiger partial charge in [0.25, 0.3) is 5.16 Å². The van der Waals surface area contributed by atoms with E-state index in [0.29, 0.717) is 11.6 Å². The van der Waals surface area contributed by atoms with Crippen LogP contribution in [0.4, 0.5) is 5.95 Å². The number of benzene rings is 1. The van der Waals surface area contributed by atoms with Crippen LogP contribution < -0.4 is 5.32 Å². The molecule has 3 aromatic heterocycles. The highest BCUT2D eigenvalue weighted by Gasteiger charge is 2.21. The predicted molar refractivity (Wildman–Crippen MR) is 111 cm³/mol. The van der Waals surface area contributed by atoms with Gasteiger partial charge < -0.3 is 5.32 Å². The van der Waals surface area contributed by atoms with Gasteiger partial charge in [-0.1, -0.05) is 26.0 Å². The smallest absolute Gasteiger partial charge is 0.252 e. The quantitative estimate of drug-likeness (QED) is 0.536. The molecule has 9 nitrogen and oxygen atoms in total. The number of aromatic nitrogens is 6. The Bertz CT molecular complexity index is 1320. The summed E-state index contributed by atoms with van der Waals surface area (Å²) in [5.41, 5.74) is 3.40. The average Bonchev–Trinajstić information content (AvgIpc) is 3.25. The van der Waals surface area contributed by atoms with Crippen molar-refractivity contribution < 1.29 is 8.42 Å². The number of hydrogen-bond donors (Lipinski definition) is 1. The van der Waals surface area contributed by atoms with Crippen molar-refractivity contribution in [2.75, 3.05) is 11.6 Å². The van der Waals surface area contributed by atoms with Crippen molar-refractivity contribution in [1.29, 1.82) is 0 Å². The largest absolute Gasteiger partial charge is 0.348 e. The molecule has 0 saturated heterocycles. The number of anilines is 1. The van der Waals surface area contributed by atoms with Crippen molar-refractivity contribution in [1.82, 2.24) is 29.4 Å². The molecule has 4 aromatic rings. The van der Waals surface area contributed by atoms with Crippen molar-refractivity contribution in [3.05, 3.63) is 41.7 Å². The second-order valence-corrected chi connectivity index (χ2v) is 9.42. The number of nitrogens with zero attached hydrogens (tertiary/aromatic N) is 6. The van der Waals surface area contributed by atoms with E-state index >= 15 is 0 Å². The zero-order valence-corrected chi connectivity index (χ0v) is 17.8. The maximum atomic E-state index is 12.2. The molecule has 1 atom stereocenters. The third-order valence-electron chi connectivity index (χ3n) is 4.97. The summed E-state index contributed by atoms with van der Waals surface area (Å²) in [6, 6.07) is 5.83. The lowest BCUT2D eigenvalue weighted by atomic mass is 10.0. The number of rotatable bonds is 5. The Kier molecular flexibility index (Phi) is 4.53. The van der Waals surface area contributed by atoms with Crippen LogP contribution in [-0.4, -0.2) is 44.0 Å². The van der Waals surface area contributed by atoms with Gasteiger partial charge in [-0.15, -0.1) is 0 Å². The second kappa shape index (κ2) is 6.80. The fourth-order valence-corrected chi connectivity index (χ4v) is 3.89. The van der Waals surface area contributed by atoms with E-state index in [0.717, 1.165) is 28.3 Å². The SMILES string of the molecule is CC(C)c1cnn2c(NC(C)c3cccc4c3cnn4C)nc(S(C)(=O)=O)nc12. The van der Waals surface area contributed by atoms with Gasteiger partial charge in [-0.25, -0.2) is 8.42 Å².